The minimum atomic E-state index is -0.0744. The molecule has 2 N–H and O–H groups in total. The van der Waals surface area contributed by atoms with Gasteiger partial charge in [-0.05, 0) is 37.0 Å². The number of hydrogen-bond donors (Lipinski definition) is 1. The van der Waals surface area contributed by atoms with Crippen LogP contribution in [-0.4, -0.2) is 5.91 Å². The van der Waals surface area contributed by atoms with Crippen LogP contribution in [0, 0.1) is 23.7 Å². The lowest BCUT2D eigenvalue weighted by Gasteiger charge is -2.38. The molecule has 1 amide bonds. The molecule has 0 aromatic carbocycles. The van der Waals surface area contributed by atoms with Crippen LogP contribution in [0.4, 0.5) is 0 Å². The second-order valence-electron chi connectivity index (χ2n) is 5.96. The zero-order valence-corrected chi connectivity index (χ0v) is 10.5. The molecule has 2 rings (SSSR count). The Kier molecular flexibility index (Phi) is 3.88. The largest absolute Gasteiger partial charge is 0.369 e. The molecule has 0 radical (unpaired) electrons. The van der Waals surface area contributed by atoms with Gasteiger partial charge in [0, 0.05) is 5.92 Å². The van der Waals surface area contributed by atoms with Gasteiger partial charge < -0.3 is 5.73 Å². The molecule has 2 heteroatoms. The van der Waals surface area contributed by atoms with Gasteiger partial charge in [0.15, 0.2) is 0 Å². The normalized spacial score (nSPS) is 37.2. The topological polar surface area (TPSA) is 43.1 Å². The van der Waals surface area contributed by atoms with Crippen molar-refractivity contribution < 1.29 is 4.79 Å². The van der Waals surface area contributed by atoms with Crippen molar-refractivity contribution in [2.45, 2.75) is 58.3 Å². The average Bonchev–Trinajstić information content (AvgIpc) is 2.29. The molecule has 0 bridgehead atoms. The molecule has 16 heavy (non-hydrogen) atoms. The van der Waals surface area contributed by atoms with Gasteiger partial charge in [0.25, 0.3) is 0 Å². The van der Waals surface area contributed by atoms with Crippen molar-refractivity contribution in [3.05, 3.63) is 0 Å². The highest BCUT2D eigenvalue weighted by atomic mass is 16.1. The molecule has 2 saturated carbocycles. The molecule has 0 aliphatic heterocycles. The van der Waals surface area contributed by atoms with Crippen molar-refractivity contribution in [2.24, 2.45) is 29.4 Å². The minimum Gasteiger partial charge on any atom is -0.369 e. The predicted molar refractivity (Wildman–Crippen MR) is 65.8 cm³/mol. The fourth-order valence-electron chi connectivity index (χ4n) is 3.89. The summed E-state index contributed by atoms with van der Waals surface area (Å²) >= 11 is 0. The first-order valence-electron chi connectivity index (χ1n) is 6.97. The van der Waals surface area contributed by atoms with Crippen molar-refractivity contribution in [1.29, 1.82) is 0 Å². The standard InChI is InChI=1S/C14H25NO/c1-10-9-12(7-8-13(10)14(15)16)11-5-3-2-4-6-11/h10-13H,2-9H2,1H3,(H2,15,16). The average molecular weight is 223 g/mol. The first-order valence-corrected chi connectivity index (χ1v) is 6.97. The van der Waals surface area contributed by atoms with Gasteiger partial charge in [-0.1, -0.05) is 39.0 Å². The van der Waals surface area contributed by atoms with Crippen molar-refractivity contribution >= 4 is 5.91 Å². The van der Waals surface area contributed by atoms with Crippen LogP contribution in [0.25, 0.3) is 0 Å². The fourth-order valence-corrected chi connectivity index (χ4v) is 3.89. The van der Waals surface area contributed by atoms with Gasteiger partial charge in [-0.2, -0.15) is 0 Å². The fraction of sp³-hybridized carbons (Fsp3) is 0.929. The Balaban J connectivity index is 1.88. The number of carbonyl (C=O) groups is 1. The molecular formula is C14H25NO. The van der Waals surface area contributed by atoms with E-state index in [-0.39, 0.29) is 11.8 Å². The van der Waals surface area contributed by atoms with Crippen LogP contribution in [0.5, 0.6) is 0 Å². The Bertz CT molecular complexity index is 245. The summed E-state index contributed by atoms with van der Waals surface area (Å²) in [6.45, 7) is 2.21. The summed E-state index contributed by atoms with van der Waals surface area (Å²) in [6.07, 6.45) is 10.7. The Morgan fingerprint density at radius 3 is 2.25 bits per heavy atom. The number of rotatable bonds is 2. The second-order valence-corrected chi connectivity index (χ2v) is 5.96. The summed E-state index contributed by atoms with van der Waals surface area (Å²) in [6, 6.07) is 0. The van der Waals surface area contributed by atoms with Crippen LogP contribution in [0.3, 0.4) is 0 Å². The molecule has 0 aromatic rings. The van der Waals surface area contributed by atoms with Crippen LogP contribution in [-0.2, 0) is 4.79 Å². The van der Waals surface area contributed by atoms with Crippen molar-refractivity contribution in [1.82, 2.24) is 0 Å². The highest BCUT2D eigenvalue weighted by Crippen LogP contribution is 2.42. The molecule has 2 aliphatic carbocycles. The van der Waals surface area contributed by atoms with Gasteiger partial charge in [0.1, 0.15) is 0 Å². The first kappa shape index (κ1) is 11.9. The van der Waals surface area contributed by atoms with Gasteiger partial charge in [-0.25, -0.2) is 0 Å². The molecule has 0 spiro atoms. The molecule has 0 aromatic heterocycles. The Hall–Kier alpha value is -0.530. The maximum atomic E-state index is 11.3. The van der Waals surface area contributed by atoms with Crippen molar-refractivity contribution in [3.8, 4) is 0 Å². The first-order chi connectivity index (χ1) is 7.68. The van der Waals surface area contributed by atoms with Gasteiger partial charge in [-0.15, -0.1) is 0 Å². The maximum Gasteiger partial charge on any atom is 0.220 e. The molecule has 2 fully saturated rings. The monoisotopic (exact) mass is 223 g/mol. The van der Waals surface area contributed by atoms with E-state index >= 15 is 0 Å². The second kappa shape index (κ2) is 5.20. The van der Waals surface area contributed by atoms with Gasteiger partial charge in [-0.3, -0.25) is 4.79 Å². The minimum absolute atomic E-state index is 0.0744. The van der Waals surface area contributed by atoms with E-state index in [2.05, 4.69) is 6.92 Å². The highest BCUT2D eigenvalue weighted by Gasteiger charge is 2.34. The lowest BCUT2D eigenvalue weighted by molar-refractivity contribution is -0.124. The van der Waals surface area contributed by atoms with Gasteiger partial charge >= 0.3 is 0 Å². The van der Waals surface area contributed by atoms with Gasteiger partial charge in [0.05, 0.1) is 0 Å². The third-order valence-electron chi connectivity index (χ3n) is 4.89. The van der Waals surface area contributed by atoms with E-state index in [1.807, 2.05) is 0 Å². The molecule has 0 heterocycles. The van der Waals surface area contributed by atoms with Crippen LogP contribution in [0.1, 0.15) is 58.3 Å². The number of amides is 1. The van der Waals surface area contributed by atoms with E-state index in [4.69, 9.17) is 5.73 Å². The van der Waals surface area contributed by atoms with Crippen LogP contribution in [0.2, 0.25) is 0 Å². The molecule has 2 aliphatic rings. The summed E-state index contributed by atoms with van der Waals surface area (Å²) < 4.78 is 0. The molecule has 0 saturated heterocycles. The highest BCUT2D eigenvalue weighted by molar-refractivity contribution is 5.77. The Morgan fingerprint density at radius 2 is 1.69 bits per heavy atom. The van der Waals surface area contributed by atoms with Crippen molar-refractivity contribution in [3.63, 3.8) is 0 Å². The third-order valence-corrected chi connectivity index (χ3v) is 4.89. The van der Waals surface area contributed by atoms with E-state index in [1.54, 1.807) is 0 Å². The van der Waals surface area contributed by atoms with E-state index in [0.29, 0.717) is 5.92 Å². The lowest BCUT2D eigenvalue weighted by Crippen LogP contribution is -2.35. The van der Waals surface area contributed by atoms with E-state index in [0.717, 1.165) is 18.3 Å². The molecule has 3 atom stereocenters. The Morgan fingerprint density at radius 1 is 1.00 bits per heavy atom. The number of nitrogens with two attached hydrogens (primary N) is 1. The van der Waals surface area contributed by atoms with E-state index < -0.39 is 0 Å². The van der Waals surface area contributed by atoms with Crippen LogP contribution >= 0.6 is 0 Å². The van der Waals surface area contributed by atoms with Crippen LogP contribution in [0.15, 0.2) is 0 Å². The maximum absolute atomic E-state index is 11.3. The number of hydrogen-bond acceptors (Lipinski definition) is 1. The van der Waals surface area contributed by atoms with Crippen LogP contribution < -0.4 is 5.73 Å². The predicted octanol–water partition coefficient (Wildman–Crippen LogP) is 3.10. The molecule has 2 nitrogen and oxygen atoms in total. The molecule has 92 valence electrons. The lowest BCUT2D eigenvalue weighted by atomic mass is 9.67. The summed E-state index contributed by atoms with van der Waals surface area (Å²) in [5.74, 6) is 2.42. The summed E-state index contributed by atoms with van der Waals surface area (Å²) in [5.41, 5.74) is 5.44. The van der Waals surface area contributed by atoms with Crippen molar-refractivity contribution in [2.75, 3.05) is 0 Å². The summed E-state index contributed by atoms with van der Waals surface area (Å²) in [4.78, 5) is 11.3. The number of primary amides is 1. The summed E-state index contributed by atoms with van der Waals surface area (Å²) in [7, 11) is 0. The van der Waals surface area contributed by atoms with Gasteiger partial charge in [0.2, 0.25) is 5.91 Å². The van der Waals surface area contributed by atoms with E-state index in [9.17, 15) is 4.79 Å². The Labute approximate surface area is 99.0 Å². The summed E-state index contributed by atoms with van der Waals surface area (Å²) in [5, 5.41) is 0. The zero-order valence-electron chi connectivity index (χ0n) is 10.5. The third kappa shape index (κ3) is 2.58. The SMILES string of the molecule is CC1CC(C2CCCCC2)CCC1C(N)=O. The molecular weight excluding hydrogens is 198 g/mol. The smallest absolute Gasteiger partial charge is 0.220 e. The quantitative estimate of drug-likeness (QED) is 0.768. The zero-order chi connectivity index (χ0) is 11.5. The molecule has 3 unspecified atom stereocenters. The number of carbonyl (C=O) groups excluding carboxylic acids is 1. The van der Waals surface area contributed by atoms with E-state index in [1.165, 1.54) is 44.9 Å².